The number of rotatable bonds is 4. The summed E-state index contributed by atoms with van der Waals surface area (Å²) in [5.41, 5.74) is 0.178. The van der Waals surface area contributed by atoms with Gasteiger partial charge in [-0.25, -0.2) is 17.6 Å². The average Bonchev–Trinajstić information content (AvgIpc) is 2.14. The van der Waals surface area contributed by atoms with E-state index in [0.29, 0.717) is 0 Å². The smallest absolute Gasteiger partial charge is 0.250 e. The van der Waals surface area contributed by atoms with Crippen molar-refractivity contribution in [1.82, 2.24) is 5.32 Å². The summed E-state index contributed by atoms with van der Waals surface area (Å²) in [5, 5.41) is 2.45. The van der Waals surface area contributed by atoms with Gasteiger partial charge in [0.25, 0.3) is 6.43 Å². The quantitative estimate of drug-likeness (QED) is 0.771. The van der Waals surface area contributed by atoms with Crippen LogP contribution in [0.3, 0.4) is 0 Å². The second-order valence-corrected chi connectivity index (χ2v) is 3.19. The van der Waals surface area contributed by atoms with Crippen LogP contribution in [0, 0.1) is 11.6 Å². The lowest BCUT2D eigenvalue weighted by Crippen LogP contribution is -2.25. The first-order valence-corrected chi connectivity index (χ1v) is 4.47. The molecule has 1 rings (SSSR count). The van der Waals surface area contributed by atoms with Crippen molar-refractivity contribution in [2.24, 2.45) is 0 Å². The molecule has 0 aliphatic heterocycles. The van der Waals surface area contributed by atoms with E-state index < -0.39 is 30.6 Å². The normalized spacial score (nSPS) is 13.2. The molecule has 0 heterocycles. The summed E-state index contributed by atoms with van der Waals surface area (Å²) in [6, 6.07) is 2.50. The number of hydrogen-bond acceptors (Lipinski definition) is 1. The van der Waals surface area contributed by atoms with Crippen LogP contribution < -0.4 is 5.32 Å². The fourth-order valence-electron chi connectivity index (χ4n) is 1.23. The van der Waals surface area contributed by atoms with Gasteiger partial charge in [-0.3, -0.25) is 0 Å². The highest BCUT2D eigenvalue weighted by molar-refractivity contribution is 5.21. The number of hydrogen-bond donors (Lipinski definition) is 1. The summed E-state index contributed by atoms with van der Waals surface area (Å²) in [6.45, 7) is 1.02. The molecule has 0 spiro atoms. The summed E-state index contributed by atoms with van der Waals surface area (Å²) < 4.78 is 49.4. The lowest BCUT2D eigenvalue weighted by atomic mass is 10.1. The molecule has 0 aromatic heterocycles. The first kappa shape index (κ1) is 12.0. The first-order chi connectivity index (χ1) is 7.00. The molecule has 1 aromatic carbocycles. The SMILES string of the molecule is CC(NCC(F)F)c1ccc(F)cc1F. The van der Waals surface area contributed by atoms with Crippen LogP contribution in [0.1, 0.15) is 18.5 Å². The Balaban J connectivity index is 2.69. The third-order valence-corrected chi connectivity index (χ3v) is 2.01. The lowest BCUT2D eigenvalue weighted by molar-refractivity contribution is 0.142. The second kappa shape index (κ2) is 5.11. The van der Waals surface area contributed by atoms with Gasteiger partial charge in [0, 0.05) is 17.7 Å². The van der Waals surface area contributed by atoms with Crippen LogP contribution in [0.2, 0.25) is 0 Å². The maximum atomic E-state index is 13.2. The zero-order valence-electron chi connectivity index (χ0n) is 8.11. The van der Waals surface area contributed by atoms with Crippen LogP contribution in [-0.2, 0) is 0 Å². The highest BCUT2D eigenvalue weighted by Gasteiger charge is 2.12. The van der Waals surface area contributed by atoms with E-state index in [2.05, 4.69) is 5.32 Å². The molecule has 0 radical (unpaired) electrons. The van der Waals surface area contributed by atoms with E-state index in [1.807, 2.05) is 0 Å². The Morgan fingerprint density at radius 2 is 1.93 bits per heavy atom. The van der Waals surface area contributed by atoms with Gasteiger partial charge < -0.3 is 5.32 Å². The van der Waals surface area contributed by atoms with Crippen molar-refractivity contribution in [2.45, 2.75) is 19.4 Å². The van der Waals surface area contributed by atoms with E-state index in [9.17, 15) is 17.6 Å². The zero-order valence-corrected chi connectivity index (χ0v) is 8.11. The maximum Gasteiger partial charge on any atom is 0.250 e. The molecule has 1 nitrogen and oxygen atoms in total. The van der Waals surface area contributed by atoms with Crippen LogP contribution in [0.15, 0.2) is 18.2 Å². The number of nitrogens with one attached hydrogen (secondary N) is 1. The molecule has 0 fully saturated rings. The number of benzene rings is 1. The van der Waals surface area contributed by atoms with E-state index in [1.54, 1.807) is 6.92 Å². The predicted molar refractivity (Wildman–Crippen MR) is 48.8 cm³/mol. The zero-order chi connectivity index (χ0) is 11.4. The second-order valence-electron chi connectivity index (χ2n) is 3.19. The minimum absolute atomic E-state index is 0.178. The van der Waals surface area contributed by atoms with E-state index >= 15 is 0 Å². The third kappa shape index (κ3) is 3.51. The summed E-state index contributed by atoms with van der Waals surface area (Å²) in [6.07, 6.45) is -2.49. The molecule has 0 saturated heterocycles. The monoisotopic (exact) mass is 221 g/mol. The first-order valence-electron chi connectivity index (χ1n) is 4.47. The van der Waals surface area contributed by atoms with Crippen LogP contribution >= 0.6 is 0 Å². The Kier molecular flexibility index (Phi) is 4.08. The van der Waals surface area contributed by atoms with Gasteiger partial charge in [-0.15, -0.1) is 0 Å². The van der Waals surface area contributed by atoms with E-state index in [0.717, 1.165) is 12.1 Å². The third-order valence-electron chi connectivity index (χ3n) is 2.01. The molecule has 0 aliphatic carbocycles. The molecule has 0 saturated carbocycles. The van der Waals surface area contributed by atoms with Crippen molar-refractivity contribution in [2.75, 3.05) is 6.54 Å². The van der Waals surface area contributed by atoms with Crippen molar-refractivity contribution in [3.63, 3.8) is 0 Å². The van der Waals surface area contributed by atoms with Crippen molar-refractivity contribution in [3.8, 4) is 0 Å². The lowest BCUT2D eigenvalue weighted by Gasteiger charge is -2.14. The van der Waals surface area contributed by atoms with Gasteiger partial charge >= 0.3 is 0 Å². The van der Waals surface area contributed by atoms with Crippen LogP contribution in [-0.4, -0.2) is 13.0 Å². The Morgan fingerprint density at radius 3 is 2.47 bits per heavy atom. The predicted octanol–water partition coefficient (Wildman–Crippen LogP) is 2.88. The molecule has 15 heavy (non-hydrogen) atoms. The topological polar surface area (TPSA) is 12.0 Å². The van der Waals surface area contributed by atoms with Crippen molar-refractivity contribution in [1.29, 1.82) is 0 Å². The Hall–Kier alpha value is -1.10. The maximum absolute atomic E-state index is 13.2. The molecular formula is C10H11F4N. The van der Waals surface area contributed by atoms with Gasteiger partial charge in [0.05, 0.1) is 6.54 Å². The van der Waals surface area contributed by atoms with Gasteiger partial charge in [-0.2, -0.15) is 0 Å². The highest BCUT2D eigenvalue weighted by atomic mass is 19.3. The van der Waals surface area contributed by atoms with Crippen molar-refractivity contribution >= 4 is 0 Å². The summed E-state index contributed by atoms with van der Waals surface area (Å²) >= 11 is 0. The Labute approximate surface area is 85.1 Å². The van der Waals surface area contributed by atoms with Gasteiger partial charge in [-0.1, -0.05) is 6.07 Å². The van der Waals surface area contributed by atoms with E-state index in [4.69, 9.17) is 0 Å². The molecule has 84 valence electrons. The fraction of sp³-hybridized carbons (Fsp3) is 0.400. The number of alkyl halides is 2. The molecule has 0 aliphatic rings. The van der Waals surface area contributed by atoms with Crippen LogP contribution in [0.25, 0.3) is 0 Å². The van der Waals surface area contributed by atoms with E-state index in [-0.39, 0.29) is 5.56 Å². The van der Waals surface area contributed by atoms with Gasteiger partial charge in [0.2, 0.25) is 0 Å². The highest BCUT2D eigenvalue weighted by Crippen LogP contribution is 2.17. The minimum atomic E-state index is -2.49. The summed E-state index contributed by atoms with van der Waals surface area (Å²) in [7, 11) is 0. The fourth-order valence-corrected chi connectivity index (χ4v) is 1.23. The van der Waals surface area contributed by atoms with E-state index in [1.165, 1.54) is 6.07 Å². The molecule has 1 unspecified atom stereocenters. The van der Waals surface area contributed by atoms with Crippen LogP contribution in [0.4, 0.5) is 17.6 Å². The van der Waals surface area contributed by atoms with Gasteiger partial charge in [0.1, 0.15) is 11.6 Å². The number of halogens is 4. The standard InChI is InChI=1S/C10H11F4N/c1-6(15-5-10(13)14)8-3-2-7(11)4-9(8)12/h2-4,6,10,15H,5H2,1H3. The average molecular weight is 221 g/mol. The van der Waals surface area contributed by atoms with Gasteiger partial charge in [-0.05, 0) is 13.0 Å². The molecule has 5 heteroatoms. The Morgan fingerprint density at radius 1 is 1.27 bits per heavy atom. The molecular weight excluding hydrogens is 210 g/mol. The van der Waals surface area contributed by atoms with Crippen LogP contribution in [0.5, 0.6) is 0 Å². The summed E-state index contributed by atoms with van der Waals surface area (Å²) in [4.78, 5) is 0. The summed E-state index contributed by atoms with van der Waals surface area (Å²) in [5.74, 6) is -1.42. The molecule has 0 amide bonds. The molecule has 1 atom stereocenters. The van der Waals surface area contributed by atoms with Gasteiger partial charge in [0.15, 0.2) is 0 Å². The Bertz CT molecular complexity index is 327. The minimum Gasteiger partial charge on any atom is -0.305 e. The van der Waals surface area contributed by atoms with Crippen molar-refractivity contribution < 1.29 is 17.6 Å². The molecule has 1 aromatic rings. The molecule has 0 bridgehead atoms. The van der Waals surface area contributed by atoms with Crippen molar-refractivity contribution in [3.05, 3.63) is 35.4 Å². The molecule has 1 N–H and O–H groups in total. The largest absolute Gasteiger partial charge is 0.305 e.